The molecule has 0 unspecified atom stereocenters. The zero-order valence-corrected chi connectivity index (χ0v) is 14.3. The van der Waals surface area contributed by atoms with Gasteiger partial charge in [0, 0.05) is 19.3 Å². The van der Waals surface area contributed by atoms with Crippen molar-refractivity contribution in [2.24, 2.45) is 0 Å². The van der Waals surface area contributed by atoms with E-state index in [4.69, 9.17) is 4.74 Å². The molecule has 2 heterocycles. The fraction of sp³-hybridized carbons (Fsp3) is 0.150. The van der Waals surface area contributed by atoms with Gasteiger partial charge in [-0.25, -0.2) is 9.37 Å². The summed E-state index contributed by atoms with van der Waals surface area (Å²) in [6.07, 6.45) is 1.27. The van der Waals surface area contributed by atoms with Crippen molar-refractivity contribution in [3.8, 4) is 5.75 Å². The second kappa shape index (κ2) is 7.03. The van der Waals surface area contributed by atoms with Crippen molar-refractivity contribution in [3.05, 3.63) is 93.4 Å². The normalized spacial score (nSPS) is 12.7. The van der Waals surface area contributed by atoms with Crippen molar-refractivity contribution >= 4 is 5.91 Å². The first kappa shape index (κ1) is 17.0. The van der Waals surface area contributed by atoms with E-state index >= 15 is 0 Å². The highest BCUT2D eigenvalue weighted by Gasteiger charge is 2.25. The molecule has 1 N–H and O–H groups in total. The Labute approximate surface area is 154 Å². The lowest BCUT2D eigenvalue weighted by molar-refractivity contribution is 0.0749. The topological polar surface area (TPSA) is 75.3 Å². The van der Waals surface area contributed by atoms with Gasteiger partial charge in [0.05, 0.1) is 0 Å². The van der Waals surface area contributed by atoms with Gasteiger partial charge in [-0.1, -0.05) is 24.3 Å². The largest absolute Gasteiger partial charge is 0.486 e. The van der Waals surface area contributed by atoms with Crippen LogP contribution in [-0.2, 0) is 19.7 Å². The fourth-order valence-corrected chi connectivity index (χ4v) is 2.99. The Hall–Kier alpha value is -3.48. The quantitative estimate of drug-likeness (QED) is 0.771. The maximum absolute atomic E-state index is 12.9. The van der Waals surface area contributed by atoms with Crippen molar-refractivity contribution in [3.63, 3.8) is 0 Å². The summed E-state index contributed by atoms with van der Waals surface area (Å²) in [5.74, 6) is 0.0198. The van der Waals surface area contributed by atoms with Crippen molar-refractivity contribution < 1.29 is 13.9 Å². The van der Waals surface area contributed by atoms with E-state index in [1.54, 1.807) is 4.90 Å². The lowest BCUT2D eigenvalue weighted by Crippen LogP contribution is -2.31. The Morgan fingerprint density at radius 1 is 1.11 bits per heavy atom. The molecule has 6 nitrogen and oxygen atoms in total. The van der Waals surface area contributed by atoms with Crippen molar-refractivity contribution in [2.75, 3.05) is 0 Å². The summed E-state index contributed by atoms with van der Waals surface area (Å²) < 4.78 is 18.3. The Morgan fingerprint density at radius 3 is 2.41 bits per heavy atom. The first-order valence-corrected chi connectivity index (χ1v) is 8.43. The average Bonchev–Trinajstić information content (AvgIpc) is 3.11. The number of H-pyrrole nitrogens is 1. The molecular formula is C20H16FN3O3. The van der Waals surface area contributed by atoms with E-state index in [-0.39, 0.29) is 29.7 Å². The summed E-state index contributed by atoms with van der Waals surface area (Å²) in [6.45, 7) is 0.957. The van der Waals surface area contributed by atoms with Crippen LogP contribution in [-0.4, -0.2) is 20.8 Å². The smallest absolute Gasteiger partial charge is 0.263 e. The molecule has 0 fully saturated rings. The highest BCUT2D eigenvalue weighted by atomic mass is 19.1. The standard InChI is InChI=1S/C20H16FN3O3/c21-15-5-7-16(8-6-15)27-12-18-22-9-17(19(25)23-18)20(26)24-10-13-3-1-2-4-14(13)11-24/h1-9H,10-12H2,(H,22,23,25). The highest BCUT2D eigenvalue weighted by Crippen LogP contribution is 2.23. The molecule has 0 saturated carbocycles. The van der Waals surface area contributed by atoms with Crippen LogP contribution in [0.4, 0.5) is 4.39 Å². The zero-order valence-electron chi connectivity index (χ0n) is 14.3. The first-order chi connectivity index (χ1) is 13.1. The number of carbonyl (C=O) groups is 1. The molecule has 136 valence electrons. The Bertz CT molecular complexity index is 1020. The van der Waals surface area contributed by atoms with Crippen LogP contribution in [0.2, 0.25) is 0 Å². The van der Waals surface area contributed by atoms with Crippen LogP contribution in [0.5, 0.6) is 5.75 Å². The first-order valence-electron chi connectivity index (χ1n) is 8.43. The summed E-state index contributed by atoms with van der Waals surface area (Å²) in [5.41, 5.74) is 1.65. The van der Waals surface area contributed by atoms with Gasteiger partial charge in [-0.2, -0.15) is 0 Å². The molecule has 0 saturated heterocycles. The number of benzene rings is 2. The van der Waals surface area contributed by atoms with Gasteiger partial charge in [0.15, 0.2) is 0 Å². The number of ether oxygens (including phenoxy) is 1. The van der Waals surface area contributed by atoms with Gasteiger partial charge < -0.3 is 14.6 Å². The van der Waals surface area contributed by atoms with Crippen molar-refractivity contribution in [1.29, 1.82) is 0 Å². The molecule has 0 bridgehead atoms. The van der Waals surface area contributed by atoms with E-state index < -0.39 is 5.56 Å². The molecule has 1 amide bonds. The van der Waals surface area contributed by atoms with Crippen LogP contribution in [0.25, 0.3) is 0 Å². The molecule has 4 rings (SSSR count). The molecule has 0 atom stereocenters. The molecule has 2 aromatic carbocycles. The molecule has 1 aliphatic rings. The van der Waals surface area contributed by atoms with E-state index in [0.717, 1.165) is 11.1 Å². The van der Waals surface area contributed by atoms with Crippen molar-refractivity contribution in [1.82, 2.24) is 14.9 Å². The van der Waals surface area contributed by atoms with Crippen LogP contribution >= 0.6 is 0 Å². The number of amides is 1. The third kappa shape index (κ3) is 3.57. The van der Waals surface area contributed by atoms with Gasteiger partial charge in [0.1, 0.15) is 29.6 Å². The number of carbonyl (C=O) groups excluding carboxylic acids is 1. The molecule has 7 heteroatoms. The summed E-state index contributed by atoms with van der Waals surface area (Å²) in [5, 5.41) is 0. The number of hydrogen-bond donors (Lipinski definition) is 1. The Balaban J connectivity index is 1.45. The molecule has 27 heavy (non-hydrogen) atoms. The summed E-state index contributed by atoms with van der Waals surface area (Å²) >= 11 is 0. The lowest BCUT2D eigenvalue weighted by Gasteiger charge is -2.14. The predicted octanol–water partition coefficient (Wildman–Crippen LogP) is 2.64. The second-order valence-corrected chi connectivity index (χ2v) is 6.25. The number of aromatic nitrogens is 2. The van der Waals surface area contributed by atoms with Gasteiger partial charge in [-0.05, 0) is 35.4 Å². The van der Waals surface area contributed by atoms with E-state index in [1.807, 2.05) is 24.3 Å². The molecular weight excluding hydrogens is 349 g/mol. The van der Waals surface area contributed by atoms with E-state index in [0.29, 0.717) is 18.8 Å². The number of hydrogen-bond acceptors (Lipinski definition) is 4. The Kier molecular flexibility index (Phi) is 4.42. The molecule has 1 aliphatic heterocycles. The van der Waals surface area contributed by atoms with E-state index in [2.05, 4.69) is 9.97 Å². The molecule has 0 radical (unpaired) electrons. The number of rotatable bonds is 4. The number of nitrogens with one attached hydrogen (secondary N) is 1. The maximum atomic E-state index is 12.9. The fourth-order valence-electron chi connectivity index (χ4n) is 2.99. The third-order valence-corrected chi connectivity index (χ3v) is 4.40. The van der Waals surface area contributed by atoms with Crippen LogP contribution in [0.3, 0.4) is 0 Å². The molecule has 0 spiro atoms. The summed E-state index contributed by atoms with van der Waals surface area (Å²) in [6, 6.07) is 13.3. The van der Waals surface area contributed by atoms with Gasteiger partial charge in [-0.15, -0.1) is 0 Å². The monoisotopic (exact) mass is 365 g/mol. The number of aromatic amines is 1. The average molecular weight is 365 g/mol. The van der Waals surface area contributed by atoms with Crippen LogP contribution in [0, 0.1) is 5.82 Å². The van der Waals surface area contributed by atoms with Gasteiger partial charge in [0.25, 0.3) is 11.5 Å². The van der Waals surface area contributed by atoms with Crippen LogP contribution in [0.1, 0.15) is 27.3 Å². The minimum absolute atomic E-state index is 0.00446. The van der Waals surface area contributed by atoms with Crippen LogP contribution < -0.4 is 10.3 Å². The van der Waals surface area contributed by atoms with E-state index in [9.17, 15) is 14.0 Å². The van der Waals surface area contributed by atoms with Gasteiger partial charge >= 0.3 is 0 Å². The second-order valence-electron chi connectivity index (χ2n) is 6.25. The number of nitrogens with zero attached hydrogens (tertiary/aromatic N) is 2. The Morgan fingerprint density at radius 2 is 1.78 bits per heavy atom. The molecule has 3 aromatic rings. The third-order valence-electron chi connectivity index (χ3n) is 4.40. The van der Waals surface area contributed by atoms with Crippen LogP contribution in [0.15, 0.2) is 59.5 Å². The summed E-state index contributed by atoms with van der Waals surface area (Å²) in [7, 11) is 0. The highest BCUT2D eigenvalue weighted by molar-refractivity contribution is 5.93. The molecule has 0 aliphatic carbocycles. The minimum Gasteiger partial charge on any atom is -0.486 e. The van der Waals surface area contributed by atoms with E-state index in [1.165, 1.54) is 30.5 Å². The molecule has 1 aromatic heterocycles. The number of halogens is 1. The minimum atomic E-state index is -0.510. The van der Waals surface area contributed by atoms with Crippen molar-refractivity contribution in [2.45, 2.75) is 19.7 Å². The number of fused-ring (bicyclic) bond motifs is 1. The van der Waals surface area contributed by atoms with Gasteiger partial charge in [-0.3, -0.25) is 9.59 Å². The zero-order chi connectivity index (χ0) is 18.8. The predicted molar refractivity (Wildman–Crippen MR) is 95.6 cm³/mol. The van der Waals surface area contributed by atoms with Gasteiger partial charge in [0.2, 0.25) is 0 Å². The maximum Gasteiger partial charge on any atom is 0.263 e. The SMILES string of the molecule is O=C(c1cnc(COc2ccc(F)cc2)[nH]c1=O)N1Cc2ccccc2C1. The summed E-state index contributed by atoms with van der Waals surface area (Å²) in [4.78, 5) is 33.3. The lowest BCUT2D eigenvalue weighted by atomic mass is 10.1.